The fraction of sp³-hybridized carbons (Fsp3) is 0.667. The molecule has 2 rings (SSSR count). The zero-order chi connectivity index (χ0) is 15.2. The van der Waals surface area contributed by atoms with Gasteiger partial charge in [0.15, 0.2) is 0 Å². The molecular weight excluding hydrogens is 266 g/mol. The third-order valence-electron chi connectivity index (χ3n) is 3.80. The molecule has 1 fully saturated rings. The van der Waals surface area contributed by atoms with E-state index in [1.807, 2.05) is 13.0 Å². The van der Waals surface area contributed by atoms with E-state index in [4.69, 9.17) is 5.73 Å². The van der Waals surface area contributed by atoms with Crippen molar-refractivity contribution in [1.82, 2.24) is 9.97 Å². The predicted octanol–water partition coefficient (Wildman–Crippen LogP) is 1.70. The molecule has 1 saturated heterocycles. The smallest absolute Gasteiger partial charge is 0.224 e. The lowest BCUT2D eigenvalue weighted by Crippen LogP contribution is -2.35. The summed E-state index contributed by atoms with van der Waals surface area (Å²) in [7, 11) is 0. The highest BCUT2D eigenvalue weighted by Gasteiger charge is 2.22. The number of anilines is 2. The molecule has 2 heterocycles. The summed E-state index contributed by atoms with van der Waals surface area (Å²) in [5.41, 5.74) is 6.24. The summed E-state index contributed by atoms with van der Waals surface area (Å²) in [6.07, 6.45) is 3.53. The van der Waals surface area contributed by atoms with Gasteiger partial charge in [-0.25, -0.2) is 4.98 Å². The van der Waals surface area contributed by atoms with Gasteiger partial charge in [-0.05, 0) is 32.1 Å². The van der Waals surface area contributed by atoms with Crippen LogP contribution in [0.4, 0.5) is 11.8 Å². The molecule has 1 amide bonds. The maximum atomic E-state index is 11.0. The molecule has 6 heteroatoms. The quantitative estimate of drug-likeness (QED) is 0.833. The third-order valence-corrected chi connectivity index (χ3v) is 3.80. The number of hydrogen-bond acceptors (Lipinski definition) is 5. The van der Waals surface area contributed by atoms with E-state index >= 15 is 0 Å². The predicted molar refractivity (Wildman–Crippen MR) is 84.3 cm³/mol. The lowest BCUT2D eigenvalue weighted by atomic mass is 9.93. The van der Waals surface area contributed by atoms with E-state index in [1.54, 1.807) is 0 Å². The Kier molecular flexibility index (Phi) is 5.36. The number of carbonyl (C=O) groups excluding carboxylic acids is 1. The number of aromatic nitrogens is 2. The minimum Gasteiger partial charge on any atom is -0.370 e. The number of carbonyl (C=O) groups is 1. The fourth-order valence-electron chi connectivity index (χ4n) is 2.68. The van der Waals surface area contributed by atoms with E-state index in [1.165, 1.54) is 0 Å². The van der Waals surface area contributed by atoms with Crippen LogP contribution in [-0.2, 0) is 4.79 Å². The van der Waals surface area contributed by atoms with Crippen LogP contribution >= 0.6 is 0 Å². The van der Waals surface area contributed by atoms with Gasteiger partial charge in [0.05, 0.1) is 0 Å². The van der Waals surface area contributed by atoms with Crippen LogP contribution in [-0.4, -0.2) is 35.5 Å². The third kappa shape index (κ3) is 4.58. The van der Waals surface area contributed by atoms with Crippen molar-refractivity contribution in [2.24, 2.45) is 11.7 Å². The molecule has 0 spiro atoms. The Labute approximate surface area is 126 Å². The molecule has 1 aliphatic rings. The number of rotatable bonds is 6. The number of nitrogens with zero attached hydrogens (tertiary/aromatic N) is 3. The van der Waals surface area contributed by atoms with Gasteiger partial charge in [-0.15, -0.1) is 0 Å². The summed E-state index contributed by atoms with van der Waals surface area (Å²) in [5.74, 6) is 1.89. The lowest BCUT2D eigenvalue weighted by molar-refractivity contribution is -0.119. The van der Waals surface area contributed by atoms with Gasteiger partial charge in [-0.2, -0.15) is 4.98 Å². The van der Waals surface area contributed by atoms with Gasteiger partial charge in [0.25, 0.3) is 0 Å². The van der Waals surface area contributed by atoms with Crippen molar-refractivity contribution in [3.05, 3.63) is 11.8 Å². The summed E-state index contributed by atoms with van der Waals surface area (Å²) in [5, 5.41) is 3.24. The van der Waals surface area contributed by atoms with Gasteiger partial charge in [0.2, 0.25) is 11.9 Å². The number of hydrogen-bond donors (Lipinski definition) is 2. The summed E-state index contributed by atoms with van der Waals surface area (Å²) in [6.45, 7) is 6.82. The Morgan fingerprint density at radius 2 is 2.14 bits per heavy atom. The van der Waals surface area contributed by atoms with Crippen molar-refractivity contribution in [3.63, 3.8) is 0 Å². The van der Waals surface area contributed by atoms with E-state index in [0.29, 0.717) is 18.3 Å². The Hall–Kier alpha value is -1.85. The first-order chi connectivity index (χ1) is 10.1. The first-order valence-corrected chi connectivity index (χ1v) is 7.71. The van der Waals surface area contributed by atoms with Crippen LogP contribution in [0.2, 0.25) is 0 Å². The molecule has 0 radical (unpaired) electrons. The zero-order valence-electron chi connectivity index (χ0n) is 12.9. The van der Waals surface area contributed by atoms with Crippen molar-refractivity contribution in [3.8, 4) is 0 Å². The van der Waals surface area contributed by atoms with Gasteiger partial charge in [-0.3, -0.25) is 4.79 Å². The summed E-state index contributed by atoms with van der Waals surface area (Å²) < 4.78 is 0. The number of primary amides is 1. The molecule has 0 atom stereocenters. The van der Waals surface area contributed by atoms with Gasteiger partial charge in [0.1, 0.15) is 5.82 Å². The minimum absolute atomic E-state index is 0.197. The first kappa shape index (κ1) is 15.5. The number of piperidine rings is 1. The van der Waals surface area contributed by atoms with Crippen molar-refractivity contribution < 1.29 is 4.79 Å². The highest BCUT2D eigenvalue weighted by molar-refractivity contribution is 5.74. The molecule has 6 nitrogen and oxygen atoms in total. The van der Waals surface area contributed by atoms with Gasteiger partial charge < -0.3 is 16.0 Å². The summed E-state index contributed by atoms with van der Waals surface area (Å²) in [4.78, 5) is 22.3. The number of aryl methyl sites for hydroxylation is 1. The van der Waals surface area contributed by atoms with Crippen LogP contribution in [0.25, 0.3) is 0 Å². The van der Waals surface area contributed by atoms with Crippen LogP contribution in [0.3, 0.4) is 0 Å². The molecular formula is C15H25N5O. The molecule has 1 aromatic heterocycles. The number of amides is 1. The highest BCUT2D eigenvalue weighted by atomic mass is 16.1. The average Bonchev–Trinajstić information content (AvgIpc) is 2.44. The van der Waals surface area contributed by atoms with E-state index < -0.39 is 0 Å². The molecule has 21 heavy (non-hydrogen) atoms. The van der Waals surface area contributed by atoms with Crippen molar-refractivity contribution in [1.29, 1.82) is 0 Å². The SMILES string of the molecule is CCCNc1nc(C)cc(N2CCC(CC(N)=O)CC2)n1. The Morgan fingerprint density at radius 3 is 2.76 bits per heavy atom. The molecule has 0 aliphatic carbocycles. The lowest BCUT2D eigenvalue weighted by Gasteiger charge is -2.32. The summed E-state index contributed by atoms with van der Waals surface area (Å²) in [6, 6.07) is 2.02. The van der Waals surface area contributed by atoms with Crippen LogP contribution in [0.5, 0.6) is 0 Å². The molecule has 116 valence electrons. The number of nitrogens with one attached hydrogen (secondary N) is 1. The Balaban J connectivity index is 1.99. The maximum Gasteiger partial charge on any atom is 0.224 e. The van der Waals surface area contributed by atoms with E-state index in [0.717, 1.165) is 50.4 Å². The largest absolute Gasteiger partial charge is 0.370 e. The second-order valence-electron chi connectivity index (χ2n) is 5.72. The molecule has 0 bridgehead atoms. The fourth-order valence-corrected chi connectivity index (χ4v) is 2.68. The molecule has 0 aromatic carbocycles. The monoisotopic (exact) mass is 291 g/mol. The normalized spacial score (nSPS) is 16.0. The van der Waals surface area contributed by atoms with Crippen LogP contribution < -0.4 is 16.0 Å². The standard InChI is InChI=1S/C15H25N5O/c1-3-6-17-15-18-11(2)9-14(19-15)20-7-4-12(5-8-20)10-13(16)21/h9,12H,3-8,10H2,1-2H3,(H2,16,21)(H,17,18,19). The molecule has 0 saturated carbocycles. The van der Waals surface area contributed by atoms with Gasteiger partial charge in [0, 0.05) is 37.8 Å². The zero-order valence-corrected chi connectivity index (χ0v) is 12.9. The molecule has 1 aliphatic heterocycles. The van der Waals surface area contributed by atoms with Crippen LogP contribution in [0, 0.1) is 12.8 Å². The van der Waals surface area contributed by atoms with E-state index in [9.17, 15) is 4.79 Å². The Bertz CT molecular complexity index is 483. The minimum atomic E-state index is -0.197. The van der Waals surface area contributed by atoms with E-state index in [2.05, 4.69) is 27.1 Å². The van der Waals surface area contributed by atoms with E-state index in [-0.39, 0.29) is 5.91 Å². The molecule has 0 unspecified atom stereocenters. The van der Waals surface area contributed by atoms with Gasteiger partial charge in [-0.1, -0.05) is 6.92 Å². The number of nitrogens with two attached hydrogens (primary N) is 1. The second-order valence-corrected chi connectivity index (χ2v) is 5.72. The van der Waals surface area contributed by atoms with Crippen molar-refractivity contribution in [2.45, 2.75) is 39.5 Å². The van der Waals surface area contributed by atoms with Crippen molar-refractivity contribution in [2.75, 3.05) is 29.9 Å². The maximum absolute atomic E-state index is 11.0. The topological polar surface area (TPSA) is 84.1 Å². The second kappa shape index (κ2) is 7.24. The van der Waals surface area contributed by atoms with Crippen molar-refractivity contribution >= 4 is 17.7 Å². The van der Waals surface area contributed by atoms with Crippen LogP contribution in [0.1, 0.15) is 38.3 Å². The molecule has 3 N–H and O–H groups in total. The summed E-state index contributed by atoms with van der Waals surface area (Å²) >= 11 is 0. The first-order valence-electron chi connectivity index (χ1n) is 7.71. The Morgan fingerprint density at radius 1 is 1.43 bits per heavy atom. The van der Waals surface area contributed by atoms with Gasteiger partial charge >= 0.3 is 0 Å². The highest BCUT2D eigenvalue weighted by Crippen LogP contribution is 2.24. The molecule has 1 aromatic rings. The average molecular weight is 291 g/mol. The van der Waals surface area contributed by atoms with Crippen LogP contribution in [0.15, 0.2) is 6.07 Å².